The number of benzene rings is 3. The number of para-hydroxylation sites is 2. The largest absolute Gasteiger partial charge is 0.497 e. The fourth-order valence-corrected chi connectivity index (χ4v) is 3.69. The van der Waals surface area contributed by atoms with E-state index in [4.69, 9.17) is 21.1 Å². The van der Waals surface area contributed by atoms with Crippen molar-refractivity contribution < 1.29 is 23.5 Å². The first-order chi connectivity index (χ1) is 15.9. The number of carbonyl (C=O) groups excluding carboxylic acids is 2. The Hall–Kier alpha value is -3.84. The first-order valence-electron chi connectivity index (χ1n) is 10.2. The molecule has 0 aliphatic carbocycles. The number of nitrogens with one attached hydrogen (secondary N) is 1. The van der Waals surface area contributed by atoms with Crippen LogP contribution in [0.1, 0.15) is 12.5 Å². The van der Waals surface area contributed by atoms with Gasteiger partial charge in [-0.05, 0) is 55.0 Å². The van der Waals surface area contributed by atoms with Gasteiger partial charge >= 0.3 is 0 Å². The van der Waals surface area contributed by atoms with E-state index in [0.29, 0.717) is 29.4 Å². The van der Waals surface area contributed by atoms with Crippen LogP contribution in [0.15, 0.2) is 72.4 Å². The molecule has 0 bridgehead atoms. The number of hydrogen-bond acceptors (Lipinski definition) is 5. The molecular formula is C25H20ClFN2O4. The van der Waals surface area contributed by atoms with Gasteiger partial charge in [0.05, 0.1) is 35.7 Å². The summed E-state index contributed by atoms with van der Waals surface area (Å²) in [4.78, 5) is 27.9. The van der Waals surface area contributed by atoms with Crippen molar-refractivity contribution in [2.24, 2.45) is 0 Å². The zero-order valence-corrected chi connectivity index (χ0v) is 18.7. The van der Waals surface area contributed by atoms with Gasteiger partial charge in [0.25, 0.3) is 11.8 Å². The molecule has 2 amide bonds. The van der Waals surface area contributed by atoms with Gasteiger partial charge in [-0.15, -0.1) is 0 Å². The molecule has 0 unspecified atom stereocenters. The third-order valence-corrected chi connectivity index (χ3v) is 5.36. The molecule has 1 N–H and O–H groups in total. The summed E-state index contributed by atoms with van der Waals surface area (Å²) in [5.41, 5.74) is 1.44. The van der Waals surface area contributed by atoms with Crippen LogP contribution in [0.5, 0.6) is 11.5 Å². The number of nitrogens with zero attached hydrogens (tertiary/aromatic N) is 1. The normalized spacial score (nSPS) is 13.5. The Morgan fingerprint density at radius 2 is 1.73 bits per heavy atom. The van der Waals surface area contributed by atoms with Crippen molar-refractivity contribution in [3.8, 4) is 11.5 Å². The van der Waals surface area contributed by atoms with Crippen LogP contribution in [-0.4, -0.2) is 25.5 Å². The van der Waals surface area contributed by atoms with E-state index >= 15 is 0 Å². The van der Waals surface area contributed by atoms with Gasteiger partial charge in [0, 0.05) is 0 Å². The highest BCUT2D eigenvalue weighted by atomic mass is 35.5. The van der Waals surface area contributed by atoms with Gasteiger partial charge in [0.15, 0.2) is 0 Å². The quantitative estimate of drug-likeness (QED) is 0.480. The molecule has 1 heterocycles. The molecule has 0 saturated carbocycles. The van der Waals surface area contributed by atoms with Crippen molar-refractivity contribution >= 4 is 40.4 Å². The summed E-state index contributed by atoms with van der Waals surface area (Å²) in [5.74, 6) is -0.671. The highest BCUT2D eigenvalue weighted by molar-refractivity contribution is 6.46. The number of imide groups is 1. The summed E-state index contributed by atoms with van der Waals surface area (Å²) < 4.78 is 24.6. The molecule has 8 heteroatoms. The van der Waals surface area contributed by atoms with Crippen LogP contribution in [0.2, 0.25) is 5.02 Å². The highest BCUT2D eigenvalue weighted by Crippen LogP contribution is 2.37. The second kappa shape index (κ2) is 9.34. The summed E-state index contributed by atoms with van der Waals surface area (Å²) in [7, 11) is 1.54. The second-order valence-electron chi connectivity index (χ2n) is 7.08. The molecule has 4 rings (SSSR count). The minimum absolute atomic E-state index is 0.0674. The molecular weight excluding hydrogens is 447 g/mol. The minimum atomic E-state index is -0.646. The van der Waals surface area contributed by atoms with Gasteiger partial charge < -0.3 is 14.8 Å². The standard InChI is InChI=1S/C25H20ClFN2O4/c1-3-33-21-7-5-4-6-20(21)28-23-22(15-8-11-17(32-2)12-9-15)24(30)29(25(23)31)16-10-13-19(27)18(26)14-16/h4-14,28H,3H2,1-2H3. The Morgan fingerprint density at radius 1 is 1.00 bits per heavy atom. The number of amides is 2. The summed E-state index contributed by atoms with van der Waals surface area (Å²) in [6.07, 6.45) is 0. The third-order valence-electron chi connectivity index (χ3n) is 5.07. The molecule has 168 valence electrons. The van der Waals surface area contributed by atoms with Crippen molar-refractivity contribution in [1.82, 2.24) is 0 Å². The number of anilines is 2. The first-order valence-corrected chi connectivity index (χ1v) is 10.5. The van der Waals surface area contributed by atoms with Crippen LogP contribution in [0.25, 0.3) is 5.57 Å². The topological polar surface area (TPSA) is 67.9 Å². The van der Waals surface area contributed by atoms with Crippen LogP contribution in [0.4, 0.5) is 15.8 Å². The predicted molar refractivity (Wildman–Crippen MR) is 125 cm³/mol. The third kappa shape index (κ3) is 4.27. The van der Waals surface area contributed by atoms with E-state index in [9.17, 15) is 14.0 Å². The molecule has 0 saturated heterocycles. The first kappa shape index (κ1) is 22.4. The average Bonchev–Trinajstić information content (AvgIpc) is 3.06. The molecule has 3 aromatic rings. The van der Waals surface area contributed by atoms with Crippen LogP contribution >= 0.6 is 11.6 Å². The molecule has 0 atom stereocenters. The number of carbonyl (C=O) groups is 2. The SMILES string of the molecule is CCOc1ccccc1NC1=C(c2ccc(OC)cc2)C(=O)N(c2ccc(F)c(Cl)c2)C1=O. The van der Waals surface area contributed by atoms with Gasteiger partial charge in [0.2, 0.25) is 0 Å². The fraction of sp³-hybridized carbons (Fsp3) is 0.120. The number of rotatable bonds is 7. The highest BCUT2D eigenvalue weighted by Gasteiger charge is 2.40. The molecule has 33 heavy (non-hydrogen) atoms. The van der Waals surface area contributed by atoms with E-state index in [2.05, 4.69) is 5.32 Å². The smallest absolute Gasteiger partial charge is 0.282 e. The molecule has 0 aromatic heterocycles. The van der Waals surface area contributed by atoms with Crippen LogP contribution in [0, 0.1) is 5.82 Å². The van der Waals surface area contributed by atoms with E-state index in [1.165, 1.54) is 19.2 Å². The lowest BCUT2D eigenvalue weighted by atomic mass is 10.0. The maximum atomic E-state index is 13.7. The summed E-state index contributed by atoms with van der Waals surface area (Å²) in [5, 5.41) is 2.89. The van der Waals surface area contributed by atoms with Crippen molar-refractivity contribution in [2.75, 3.05) is 23.9 Å². The van der Waals surface area contributed by atoms with E-state index in [0.717, 1.165) is 11.0 Å². The molecule has 6 nitrogen and oxygen atoms in total. The van der Waals surface area contributed by atoms with Crippen molar-refractivity contribution in [1.29, 1.82) is 0 Å². The van der Waals surface area contributed by atoms with Gasteiger partial charge in [-0.3, -0.25) is 9.59 Å². The lowest BCUT2D eigenvalue weighted by molar-refractivity contribution is -0.120. The zero-order valence-electron chi connectivity index (χ0n) is 17.9. The van der Waals surface area contributed by atoms with Gasteiger partial charge in [-0.1, -0.05) is 35.9 Å². The lowest BCUT2D eigenvalue weighted by Gasteiger charge is -2.16. The minimum Gasteiger partial charge on any atom is -0.497 e. The second-order valence-corrected chi connectivity index (χ2v) is 7.48. The number of methoxy groups -OCH3 is 1. The van der Waals surface area contributed by atoms with Crippen molar-refractivity contribution in [3.05, 3.63) is 88.8 Å². The van der Waals surface area contributed by atoms with Gasteiger partial charge in [-0.2, -0.15) is 0 Å². The number of halogens is 2. The summed E-state index contributed by atoms with van der Waals surface area (Å²) in [6.45, 7) is 2.28. The van der Waals surface area contributed by atoms with Crippen molar-refractivity contribution in [3.63, 3.8) is 0 Å². The molecule has 0 radical (unpaired) electrons. The maximum absolute atomic E-state index is 13.7. The van der Waals surface area contributed by atoms with Gasteiger partial charge in [-0.25, -0.2) is 9.29 Å². The summed E-state index contributed by atoms with van der Waals surface area (Å²) >= 11 is 5.91. The van der Waals surface area contributed by atoms with E-state index in [-0.39, 0.29) is 22.0 Å². The summed E-state index contributed by atoms with van der Waals surface area (Å²) in [6, 6.07) is 17.6. The average molecular weight is 467 g/mol. The predicted octanol–water partition coefficient (Wildman–Crippen LogP) is 5.28. The molecule has 0 fully saturated rings. The Labute approximate surface area is 195 Å². The van der Waals surface area contributed by atoms with E-state index in [1.807, 2.05) is 13.0 Å². The number of ether oxygens (including phenoxy) is 2. The Kier molecular flexibility index (Phi) is 6.33. The monoisotopic (exact) mass is 466 g/mol. The number of hydrogen-bond donors (Lipinski definition) is 1. The van der Waals surface area contributed by atoms with Crippen molar-refractivity contribution in [2.45, 2.75) is 6.92 Å². The lowest BCUT2D eigenvalue weighted by Crippen LogP contribution is -2.32. The van der Waals surface area contributed by atoms with E-state index in [1.54, 1.807) is 42.5 Å². The molecule has 1 aliphatic rings. The van der Waals surface area contributed by atoms with Gasteiger partial charge in [0.1, 0.15) is 23.0 Å². The molecule has 0 spiro atoms. The Morgan fingerprint density at radius 3 is 2.39 bits per heavy atom. The Bertz CT molecular complexity index is 1260. The Balaban J connectivity index is 1.83. The molecule has 1 aliphatic heterocycles. The van der Waals surface area contributed by atoms with Crippen LogP contribution in [-0.2, 0) is 9.59 Å². The van der Waals surface area contributed by atoms with Crippen LogP contribution < -0.4 is 19.7 Å². The fourth-order valence-electron chi connectivity index (χ4n) is 3.52. The van der Waals surface area contributed by atoms with E-state index < -0.39 is 17.6 Å². The van der Waals surface area contributed by atoms with Crippen LogP contribution in [0.3, 0.4) is 0 Å². The maximum Gasteiger partial charge on any atom is 0.282 e. The zero-order chi connectivity index (χ0) is 23.5. The molecule has 3 aromatic carbocycles.